The average molecular weight is 438 g/mol. The molecule has 0 radical (unpaired) electrons. The minimum absolute atomic E-state index is 0.0946. The standard InChI is InChI=1S/C26H35N3O3/c1-20-7-6-12-27-24(20)19-28-13-4-3-8-22-18-29(14-11-25(22)31-2)26(30)21-9-5-10-23(17-21)32-16-15-28/h5-7,9-10,12,17,22,25H,3-4,8,11,13-16,18-19H2,1-2H3/t22-,25+/m1/s1. The van der Waals surface area contributed by atoms with Crippen molar-refractivity contribution in [3.63, 3.8) is 0 Å². The number of aryl methyl sites for hydroxylation is 1. The highest BCUT2D eigenvalue weighted by Crippen LogP contribution is 2.27. The summed E-state index contributed by atoms with van der Waals surface area (Å²) in [6.07, 6.45) is 6.31. The number of ether oxygens (including phenoxy) is 2. The molecule has 1 amide bonds. The first-order valence-corrected chi connectivity index (χ1v) is 11.8. The maximum absolute atomic E-state index is 13.2. The number of nitrogens with zero attached hydrogens (tertiary/aromatic N) is 3. The summed E-state index contributed by atoms with van der Waals surface area (Å²) >= 11 is 0. The third-order valence-electron chi connectivity index (χ3n) is 6.80. The minimum atomic E-state index is 0.0946. The van der Waals surface area contributed by atoms with E-state index >= 15 is 0 Å². The number of methoxy groups -OCH3 is 1. The van der Waals surface area contributed by atoms with Gasteiger partial charge in [-0.3, -0.25) is 14.7 Å². The van der Waals surface area contributed by atoms with Gasteiger partial charge in [-0.25, -0.2) is 0 Å². The molecule has 1 saturated heterocycles. The molecule has 0 spiro atoms. The molecule has 4 rings (SSSR count). The molecule has 0 unspecified atom stereocenters. The Kier molecular flexibility index (Phi) is 7.76. The molecule has 3 heterocycles. The fourth-order valence-corrected chi connectivity index (χ4v) is 4.88. The van der Waals surface area contributed by atoms with Gasteiger partial charge < -0.3 is 14.4 Å². The van der Waals surface area contributed by atoms with Crippen molar-refractivity contribution in [2.24, 2.45) is 5.92 Å². The van der Waals surface area contributed by atoms with E-state index in [4.69, 9.17) is 9.47 Å². The Balaban J connectivity index is 1.51. The van der Waals surface area contributed by atoms with Crippen molar-refractivity contribution in [1.29, 1.82) is 0 Å². The lowest BCUT2D eigenvalue weighted by Crippen LogP contribution is -2.46. The molecule has 2 atom stereocenters. The summed E-state index contributed by atoms with van der Waals surface area (Å²) in [6, 6.07) is 11.7. The smallest absolute Gasteiger partial charge is 0.254 e. The zero-order valence-corrected chi connectivity index (χ0v) is 19.3. The molecular formula is C26H35N3O3. The van der Waals surface area contributed by atoms with E-state index < -0.39 is 0 Å². The highest BCUT2D eigenvalue weighted by atomic mass is 16.5. The molecule has 0 N–H and O–H groups in total. The van der Waals surface area contributed by atoms with Gasteiger partial charge in [0.05, 0.1) is 11.8 Å². The molecular weight excluding hydrogens is 402 g/mol. The predicted octanol–water partition coefficient (Wildman–Crippen LogP) is 3.93. The van der Waals surface area contributed by atoms with Gasteiger partial charge in [-0.2, -0.15) is 0 Å². The summed E-state index contributed by atoms with van der Waals surface area (Å²) in [6.45, 7) is 6.87. The second-order valence-electron chi connectivity index (χ2n) is 8.99. The second kappa shape index (κ2) is 10.9. The molecule has 1 fully saturated rings. The molecule has 2 aromatic rings. The molecule has 172 valence electrons. The quantitative estimate of drug-likeness (QED) is 0.728. The number of pyridine rings is 1. The summed E-state index contributed by atoms with van der Waals surface area (Å²) in [4.78, 5) is 22.2. The molecule has 2 aliphatic rings. The van der Waals surface area contributed by atoms with Crippen molar-refractivity contribution in [2.45, 2.75) is 45.3 Å². The van der Waals surface area contributed by atoms with E-state index in [0.29, 0.717) is 18.1 Å². The number of benzene rings is 1. The van der Waals surface area contributed by atoms with Crippen molar-refractivity contribution in [3.05, 3.63) is 59.4 Å². The Morgan fingerprint density at radius 2 is 2.03 bits per heavy atom. The average Bonchev–Trinajstić information content (AvgIpc) is 2.82. The molecule has 1 aromatic heterocycles. The number of fused-ring (bicyclic) bond motifs is 4. The second-order valence-corrected chi connectivity index (χ2v) is 8.99. The Hall–Kier alpha value is -2.44. The maximum atomic E-state index is 13.2. The number of hydrogen-bond acceptors (Lipinski definition) is 5. The third-order valence-corrected chi connectivity index (χ3v) is 6.80. The van der Waals surface area contributed by atoms with Crippen molar-refractivity contribution < 1.29 is 14.3 Å². The Labute approximate surface area is 191 Å². The number of rotatable bonds is 3. The van der Waals surface area contributed by atoms with Gasteiger partial charge in [-0.05, 0) is 62.6 Å². The van der Waals surface area contributed by atoms with Crippen LogP contribution in [0, 0.1) is 12.8 Å². The van der Waals surface area contributed by atoms with E-state index in [1.807, 2.05) is 41.4 Å². The zero-order valence-electron chi connectivity index (χ0n) is 19.3. The normalized spacial score (nSPS) is 23.2. The Morgan fingerprint density at radius 1 is 1.12 bits per heavy atom. The topological polar surface area (TPSA) is 54.9 Å². The number of carbonyl (C=O) groups is 1. The Morgan fingerprint density at radius 3 is 2.88 bits per heavy atom. The summed E-state index contributed by atoms with van der Waals surface area (Å²) < 4.78 is 11.8. The third kappa shape index (κ3) is 5.67. The van der Waals surface area contributed by atoms with Crippen LogP contribution in [0.15, 0.2) is 42.6 Å². The van der Waals surface area contributed by atoms with Crippen LogP contribution in [0.3, 0.4) is 0 Å². The first-order chi connectivity index (χ1) is 15.6. The van der Waals surface area contributed by atoms with Gasteiger partial charge in [0.15, 0.2) is 0 Å². The molecule has 2 aliphatic heterocycles. The van der Waals surface area contributed by atoms with E-state index in [9.17, 15) is 4.79 Å². The van der Waals surface area contributed by atoms with Crippen molar-refractivity contribution in [2.75, 3.05) is 39.9 Å². The maximum Gasteiger partial charge on any atom is 0.254 e. The first kappa shape index (κ1) is 22.7. The molecule has 1 aromatic carbocycles. The summed E-state index contributed by atoms with van der Waals surface area (Å²) in [5.41, 5.74) is 3.05. The SMILES string of the molecule is CO[C@H]1CCN2C[C@H]1CCCCN(Cc1ncccc1C)CCOc1cccc(c1)C2=O. The lowest BCUT2D eigenvalue weighted by atomic mass is 9.89. The van der Waals surface area contributed by atoms with Crippen LogP contribution in [0.25, 0.3) is 0 Å². The van der Waals surface area contributed by atoms with E-state index in [1.165, 1.54) is 5.56 Å². The first-order valence-electron chi connectivity index (χ1n) is 11.8. The van der Waals surface area contributed by atoms with Crippen LogP contribution in [-0.4, -0.2) is 66.7 Å². The summed E-state index contributed by atoms with van der Waals surface area (Å²) in [5.74, 6) is 1.23. The van der Waals surface area contributed by atoms with Crippen LogP contribution in [-0.2, 0) is 11.3 Å². The van der Waals surface area contributed by atoms with Gasteiger partial charge in [0.2, 0.25) is 0 Å². The van der Waals surface area contributed by atoms with E-state index in [0.717, 1.165) is 69.9 Å². The van der Waals surface area contributed by atoms with Gasteiger partial charge in [0.25, 0.3) is 5.91 Å². The number of aromatic nitrogens is 1. The lowest BCUT2D eigenvalue weighted by Gasteiger charge is -2.38. The number of carbonyl (C=O) groups excluding carboxylic acids is 1. The van der Waals surface area contributed by atoms with E-state index in [-0.39, 0.29) is 12.0 Å². The molecule has 32 heavy (non-hydrogen) atoms. The van der Waals surface area contributed by atoms with Crippen molar-refractivity contribution in [1.82, 2.24) is 14.8 Å². The van der Waals surface area contributed by atoms with Crippen LogP contribution in [0.4, 0.5) is 0 Å². The predicted molar refractivity (Wildman–Crippen MR) is 125 cm³/mol. The fraction of sp³-hybridized carbons (Fsp3) is 0.538. The van der Waals surface area contributed by atoms with Gasteiger partial charge in [0, 0.05) is 51.0 Å². The zero-order chi connectivity index (χ0) is 22.3. The lowest BCUT2D eigenvalue weighted by molar-refractivity contribution is -0.00677. The number of piperidine rings is 1. The molecule has 6 heteroatoms. The molecule has 6 nitrogen and oxygen atoms in total. The highest BCUT2D eigenvalue weighted by molar-refractivity contribution is 5.94. The van der Waals surface area contributed by atoms with Crippen LogP contribution in [0.1, 0.15) is 47.3 Å². The largest absolute Gasteiger partial charge is 0.492 e. The summed E-state index contributed by atoms with van der Waals surface area (Å²) in [7, 11) is 1.80. The highest BCUT2D eigenvalue weighted by Gasteiger charge is 2.31. The molecule has 0 aliphatic carbocycles. The fourth-order valence-electron chi connectivity index (χ4n) is 4.88. The van der Waals surface area contributed by atoms with E-state index in [2.05, 4.69) is 22.9 Å². The van der Waals surface area contributed by atoms with Gasteiger partial charge in [0.1, 0.15) is 12.4 Å². The van der Waals surface area contributed by atoms with Gasteiger partial charge in [-0.15, -0.1) is 0 Å². The molecule has 4 bridgehead atoms. The minimum Gasteiger partial charge on any atom is -0.492 e. The van der Waals surface area contributed by atoms with Crippen LogP contribution < -0.4 is 4.74 Å². The van der Waals surface area contributed by atoms with Gasteiger partial charge in [-0.1, -0.05) is 18.6 Å². The van der Waals surface area contributed by atoms with Crippen molar-refractivity contribution in [3.8, 4) is 5.75 Å². The van der Waals surface area contributed by atoms with Gasteiger partial charge >= 0.3 is 0 Å². The van der Waals surface area contributed by atoms with Crippen LogP contribution >= 0.6 is 0 Å². The number of hydrogen-bond donors (Lipinski definition) is 0. The summed E-state index contributed by atoms with van der Waals surface area (Å²) in [5, 5.41) is 0. The van der Waals surface area contributed by atoms with Crippen LogP contribution in [0.5, 0.6) is 5.75 Å². The monoisotopic (exact) mass is 437 g/mol. The van der Waals surface area contributed by atoms with E-state index in [1.54, 1.807) is 7.11 Å². The van der Waals surface area contributed by atoms with Crippen molar-refractivity contribution >= 4 is 5.91 Å². The van der Waals surface area contributed by atoms with Crippen LogP contribution in [0.2, 0.25) is 0 Å². The number of amides is 1. The Bertz CT molecular complexity index is 903. The molecule has 0 saturated carbocycles.